The van der Waals surface area contributed by atoms with Gasteiger partial charge in [-0.1, -0.05) is 48.9 Å². The fraction of sp³-hybridized carbons (Fsp3) is 0.167. The number of hydrogen-bond donors (Lipinski definition) is 0. The zero-order chi connectivity index (χ0) is 14.8. The molecule has 0 N–H and O–H groups in total. The van der Waals surface area contributed by atoms with E-state index in [1.165, 1.54) is 11.1 Å². The molecule has 2 nitrogen and oxygen atoms in total. The van der Waals surface area contributed by atoms with Crippen molar-refractivity contribution in [3.8, 4) is 0 Å². The van der Waals surface area contributed by atoms with Crippen molar-refractivity contribution in [2.75, 3.05) is 0 Å². The molecule has 1 aromatic heterocycles. The van der Waals surface area contributed by atoms with Gasteiger partial charge in [-0.3, -0.25) is 4.79 Å². The topological polar surface area (TPSA) is 22.0 Å². The second-order valence-corrected chi connectivity index (χ2v) is 5.60. The Balaban J connectivity index is 2.02. The summed E-state index contributed by atoms with van der Waals surface area (Å²) >= 11 is 6.08. The van der Waals surface area contributed by atoms with Crippen LogP contribution in [0.2, 0.25) is 5.02 Å². The molecule has 3 rings (SSSR count). The monoisotopic (exact) mass is 297 g/mol. The summed E-state index contributed by atoms with van der Waals surface area (Å²) in [5.41, 5.74) is 4.23. The van der Waals surface area contributed by atoms with Crippen LogP contribution >= 0.6 is 11.6 Å². The Kier molecular flexibility index (Phi) is 3.80. The lowest BCUT2D eigenvalue weighted by Crippen LogP contribution is -1.98. The van der Waals surface area contributed by atoms with Crippen LogP contribution in [0.25, 0.3) is 10.9 Å². The predicted molar refractivity (Wildman–Crippen MR) is 87.3 cm³/mol. The molecule has 1 heterocycles. The number of hydrogen-bond acceptors (Lipinski definition) is 1. The normalized spacial score (nSPS) is 11.0. The number of fused-ring (bicyclic) bond motifs is 1. The first-order valence-corrected chi connectivity index (χ1v) is 7.40. The number of aldehydes is 1. The first kappa shape index (κ1) is 13.9. The summed E-state index contributed by atoms with van der Waals surface area (Å²) in [6.45, 7) is 2.88. The summed E-state index contributed by atoms with van der Waals surface area (Å²) in [5, 5.41) is 1.63. The molecule has 0 spiro atoms. The minimum absolute atomic E-state index is 0.681. The fourth-order valence-electron chi connectivity index (χ4n) is 2.60. The molecule has 2 aromatic carbocycles. The van der Waals surface area contributed by atoms with Crippen LogP contribution in [0.15, 0.2) is 48.7 Å². The molecule has 106 valence electrons. The van der Waals surface area contributed by atoms with Gasteiger partial charge < -0.3 is 4.57 Å². The van der Waals surface area contributed by atoms with Crippen molar-refractivity contribution < 1.29 is 4.79 Å². The number of carbonyl (C=O) groups is 1. The van der Waals surface area contributed by atoms with Gasteiger partial charge in [0.2, 0.25) is 0 Å². The number of rotatable bonds is 4. The summed E-state index contributed by atoms with van der Waals surface area (Å²) in [6, 6.07) is 14.2. The van der Waals surface area contributed by atoms with Crippen LogP contribution in [0, 0.1) is 0 Å². The third-order valence-corrected chi connectivity index (χ3v) is 4.02. The SMILES string of the molecule is CCc1ccc(Cn2cc(C=O)c3ccc(Cl)cc32)cc1. The molecule has 0 atom stereocenters. The van der Waals surface area contributed by atoms with Gasteiger partial charge in [0, 0.05) is 28.7 Å². The van der Waals surface area contributed by atoms with E-state index in [-0.39, 0.29) is 0 Å². The Bertz CT molecular complexity index is 787. The standard InChI is InChI=1S/C18H16ClNO/c1-2-13-3-5-14(6-4-13)10-20-11-15(12-21)17-8-7-16(19)9-18(17)20/h3-9,11-12H,2,10H2,1H3. The quantitative estimate of drug-likeness (QED) is 0.639. The van der Waals surface area contributed by atoms with Gasteiger partial charge >= 0.3 is 0 Å². The highest BCUT2D eigenvalue weighted by atomic mass is 35.5. The maximum Gasteiger partial charge on any atom is 0.152 e. The van der Waals surface area contributed by atoms with Gasteiger partial charge in [0.15, 0.2) is 6.29 Å². The van der Waals surface area contributed by atoms with Crippen LogP contribution in [0.5, 0.6) is 0 Å². The van der Waals surface area contributed by atoms with E-state index >= 15 is 0 Å². The van der Waals surface area contributed by atoms with Gasteiger partial charge in [0.1, 0.15) is 0 Å². The van der Waals surface area contributed by atoms with Gasteiger partial charge in [-0.25, -0.2) is 0 Å². The predicted octanol–water partition coefficient (Wildman–Crippen LogP) is 4.72. The Morgan fingerprint density at radius 3 is 2.48 bits per heavy atom. The highest BCUT2D eigenvalue weighted by Gasteiger charge is 2.09. The highest BCUT2D eigenvalue weighted by Crippen LogP contribution is 2.24. The van der Waals surface area contributed by atoms with E-state index in [1.807, 2.05) is 24.4 Å². The van der Waals surface area contributed by atoms with Crippen LogP contribution in [0.3, 0.4) is 0 Å². The summed E-state index contributed by atoms with van der Waals surface area (Å²) in [4.78, 5) is 11.2. The van der Waals surface area contributed by atoms with Crippen LogP contribution in [-0.4, -0.2) is 10.9 Å². The molecule has 0 unspecified atom stereocenters. The number of halogens is 1. The van der Waals surface area contributed by atoms with Crippen molar-refractivity contribution in [1.82, 2.24) is 4.57 Å². The molecule has 0 saturated carbocycles. The molecule has 0 fully saturated rings. The molecule has 3 heteroatoms. The van der Waals surface area contributed by atoms with E-state index in [0.717, 1.165) is 30.2 Å². The maximum absolute atomic E-state index is 11.2. The molecule has 0 radical (unpaired) electrons. The molecule has 21 heavy (non-hydrogen) atoms. The van der Waals surface area contributed by atoms with Crippen LogP contribution < -0.4 is 0 Å². The average molecular weight is 298 g/mol. The van der Waals surface area contributed by atoms with Crippen LogP contribution in [-0.2, 0) is 13.0 Å². The van der Waals surface area contributed by atoms with Crippen molar-refractivity contribution in [2.24, 2.45) is 0 Å². The van der Waals surface area contributed by atoms with Crippen molar-refractivity contribution in [3.63, 3.8) is 0 Å². The second kappa shape index (κ2) is 5.74. The Hall–Kier alpha value is -2.06. The first-order chi connectivity index (χ1) is 10.2. The number of aryl methyl sites for hydroxylation is 1. The van der Waals surface area contributed by atoms with Gasteiger partial charge in [-0.2, -0.15) is 0 Å². The zero-order valence-corrected chi connectivity index (χ0v) is 12.6. The molecule has 0 amide bonds. The van der Waals surface area contributed by atoms with Crippen LogP contribution in [0.1, 0.15) is 28.4 Å². The molecular formula is C18H16ClNO. The van der Waals surface area contributed by atoms with Gasteiger partial charge in [-0.05, 0) is 29.7 Å². The van der Waals surface area contributed by atoms with Crippen molar-refractivity contribution in [2.45, 2.75) is 19.9 Å². The number of benzene rings is 2. The molecule has 0 aliphatic rings. The van der Waals surface area contributed by atoms with Crippen molar-refractivity contribution >= 4 is 28.8 Å². The molecule has 0 bridgehead atoms. The summed E-state index contributed by atoms with van der Waals surface area (Å²) in [5.74, 6) is 0. The summed E-state index contributed by atoms with van der Waals surface area (Å²) in [7, 11) is 0. The second-order valence-electron chi connectivity index (χ2n) is 5.16. The van der Waals surface area contributed by atoms with Crippen LogP contribution in [0.4, 0.5) is 0 Å². The van der Waals surface area contributed by atoms with Crippen molar-refractivity contribution in [1.29, 1.82) is 0 Å². The average Bonchev–Trinajstić information content (AvgIpc) is 2.85. The molecule has 0 aliphatic heterocycles. The van der Waals surface area contributed by atoms with Gasteiger partial charge in [-0.15, -0.1) is 0 Å². The maximum atomic E-state index is 11.2. The van der Waals surface area contributed by atoms with E-state index in [0.29, 0.717) is 10.6 Å². The zero-order valence-electron chi connectivity index (χ0n) is 11.8. The highest BCUT2D eigenvalue weighted by molar-refractivity contribution is 6.31. The molecule has 0 saturated heterocycles. The largest absolute Gasteiger partial charge is 0.342 e. The van der Waals surface area contributed by atoms with Gasteiger partial charge in [0.05, 0.1) is 5.52 Å². The Labute approximate surface area is 129 Å². The first-order valence-electron chi connectivity index (χ1n) is 7.02. The smallest absolute Gasteiger partial charge is 0.152 e. The van der Waals surface area contributed by atoms with E-state index < -0.39 is 0 Å². The minimum Gasteiger partial charge on any atom is -0.342 e. The fourth-order valence-corrected chi connectivity index (χ4v) is 2.76. The van der Waals surface area contributed by atoms with E-state index in [9.17, 15) is 4.79 Å². The van der Waals surface area contributed by atoms with E-state index in [4.69, 9.17) is 11.6 Å². The Morgan fingerprint density at radius 2 is 1.81 bits per heavy atom. The molecular weight excluding hydrogens is 282 g/mol. The molecule has 0 aliphatic carbocycles. The third kappa shape index (κ3) is 2.72. The number of nitrogens with zero attached hydrogens (tertiary/aromatic N) is 1. The lowest BCUT2D eigenvalue weighted by molar-refractivity contribution is 0.112. The lowest BCUT2D eigenvalue weighted by Gasteiger charge is -2.07. The third-order valence-electron chi connectivity index (χ3n) is 3.79. The van der Waals surface area contributed by atoms with E-state index in [1.54, 1.807) is 0 Å². The minimum atomic E-state index is 0.681. The lowest BCUT2D eigenvalue weighted by atomic mass is 10.1. The number of aromatic nitrogens is 1. The van der Waals surface area contributed by atoms with E-state index in [2.05, 4.69) is 35.8 Å². The number of carbonyl (C=O) groups excluding carboxylic acids is 1. The van der Waals surface area contributed by atoms with Gasteiger partial charge in [0.25, 0.3) is 0 Å². The molecule has 3 aromatic rings. The Morgan fingerprint density at radius 1 is 1.10 bits per heavy atom. The summed E-state index contributed by atoms with van der Waals surface area (Å²) < 4.78 is 2.08. The van der Waals surface area contributed by atoms with Crippen molar-refractivity contribution in [3.05, 3.63) is 70.4 Å². The summed E-state index contributed by atoms with van der Waals surface area (Å²) in [6.07, 6.45) is 3.83.